The number of aliphatic carboxylic acids is 1. The van der Waals surface area contributed by atoms with Crippen molar-refractivity contribution in [3.8, 4) is 0 Å². The van der Waals surface area contributed by atoms with E-state index in [4.69, 9.17) is 4.74 Å². The van der Waals surface area contributed by atoms with Crippen molar-refractivity contribution in [3.05, 3.63) is 39.9 Å². The van der Waals surface area contributed by atoms with Crippen molar-refractivity contribution in [2.75, 3.05) is 0 Å². The molecule has 2 rings (SSSR count). The Morgan fingerprint density at radius 3 is 2.45 bits per heavy atom. The van der Waals surface area contributed by atoms with Gasteiger partial charge in [-0.2, -0.15) is 0 Å². The molecule has 0 bridgehead atoms. The topological polar surface area (TPSA) is 102 Å². The van der Waals surface area contributed by atoms with E-state index in [-0.39, 0.29) is 17.7 Å². The van der Waals surface area contributed by atoms with E-state index >= 15 is 0 Å². The normalized spacial score (nSPS) is 29.9. The Morgan fingerprint density at radius 1 is 1.35 bits per heavy atom. The van der Waals surface area contributed by atoms with Crippen molar-refractivity contribution in [2.45, 2.75) is 32.2 Å². The number of ether oxygens (including phenoxy) is 1. The zero-order chi connectivity index (χ0) is 14.9. The van der Waals surface area contributed by atoms with Crippen LogP contribution in [0.3, 0.4) is 0 Å². The molecule has 0 amide bonds. The van der Waals surface area contributed by atoms with E-state index in [9.17, 15) is 20.0 Å². The van der Waals surface area contributed by atoms with Gasteiger partial charge in [-0.25, -0.2) is 0 Å². The largest absolute Gasteiger partial charge is 0.480 e. The highest BCUT2D eigenvalue weighted by molar-refractivity contribution is 5.74. The van der Waals surface area contributed by atoms with Gasteiger partial charge in [0, 0.05) is 18.1 Å². The Hall–Kier alpha value is -1.99. The number of rotatable bonds is 3. The summed E-state index contributed by atoms with van der Waals surface area (Å²) >= 11 is 0. The number of carboxylic acid groups (broad SMARTS) is 1. The molecule has 1 heterocycles. The number of non-ortho nitro benzene ring substituents is 1. The Balaban J connectivity index is 2.20. The van der Waals surface area contributed by atoms with Gasteiger partial charge in [0.1, 0.15) is 12.3 Å². The van der Waals surface area contributed by atoms with Gasteiger partial charge >= 0.3 is 5.97 Å². The van der Waals surface area contributed by atoms with E-state index in [1.165, 1.54) is 12.1 Å². The quantitative estimate of drug-likeness (QED) is 0.645. The number of nitrogens with one attached hydrogen (secondary N) is 1. The number of hydrogen-bond acceptors (Lipinski definition) is 5. The highest BCUT2D eigenvalue weighted by Crippen LogP contribution is 2.28. The van der Waals surface area contributed by atoms with Crippen molar-refractivity contribution < 1.29 is 19.6 Å². The third-order valence-corrected chi connectivity index (χ3v) is 3.62. The fraction of sp³-hybridized carbons (Fsp3) is 0.462. The molecule has 1 aromatic carbocycles. The van der Waals surface area contributed by atoms with E-state index in [1.54, 1.807) is 12.1 Å². The zero-order valence-corrected chi connectivity index (χ0v) is 11.1. The molecule has 20 heavy (non-hydrogen) atoms. The van der Waals surface area contributed by atoms with E-state index < -0.39 is 23.2 Å². The smallest absolute Gasteiger partial charge is 0.321 e. The van der Waals surface area contributed by atoms with Crippen LogP contribution >= 0.6 is 0 Å². The number of nitro groups is 1. The van der Waals surface area contributed by atoms with E-state index in [1.807, 2.05) is 13.8 Å². The first kappa shape index (κ1) is 14.4. The lowest BCUT2D eigenvalue weighted by Crippen LogP contribution is -2.53. The minimum Gasteiger partial charge on any atom is -0.480 e. The molecule has 1 aliphatic heterocycles. The fourth-order valence-electron chi connectivity index (χ4n) is 2.21. The third-order valence-electron chi connectivity index (χ3n) is 3.62. The number of carbonyl (C=O) groups is 1. The van der Waals surface area contributed by atoms with Gasteiger partial charge in [-0.15, -0.1) is 0 Å². The van der Waals surface area contributed by atoms with Crippen molar-refractivity contribution in [1.82, 2.24) is 5.32 Å². The van der Waals surface area contributed by atoms with Gasteiger partial charge in [-0.1, -0.05) is 6.92 Å². The monoisotopic (exact) mass is 280 g/mol. The van der Waals surface area contributed by atoms with Crippen molar-refractivity contribution >= 4 is 11.7 Å². The SMILES string of the molecule is C[C@H]1[C@H](C)O[C@H](c2ccc([N+](=O)[O-])cc2)N[C@@H]1C(=O)O. The van der Waals surface area contributed by atoms with Crippen LogP contribution in [0.5, 0.6) is 0 Å². The second-order valence-electron chi connectivity index (χ2n) is 4.91. The highest BCUT2D eigenvalue weighted by Gasteiger charge is 2.37. The second-order valence-corrected chi connectivity index (χ2v) is 4.91. The van der Waals surface area contributed by atoms with Crippen LogP contribution in [0.15, 0.2) is 24.3 Å². The predicted octanol–water partition coefficient (Wildman–Crippen LogP) is 1.69. The van der Waals surface area contributed by atoms with Gasteiger partial charge in [0.15, 0.2) is 0 Å². The minimum atomic E-state index is -0.931. The van der Waals surface area contributed by atoms with Crippen LogP contribution in [-0.4, -0.2) is 28.1 Å². The van der Waals surface area contributed by atoms with E-state index in [0.717, 1.165) is 0 Å². The molecule has 1 saturated heterocycles. The average Bonchev–Trinajstić information content (AvgIpc) is 2.41. The van der Waals surface area contributed by atoms with E-state index in [2.05, 4.69) is 5.32 Å². The summed E-state index contributed by atoms with van der Waals surface area (Å²) in [6, 6.07) is 5.17. The molecule has 0 radical (unpaired) electrons. The van der Waals surface area contributed by atoms with Gasteiger partial charge in [-0.05, 0) is 24.6 Å². The number of benzene rings is 1. The summed E-state index contributed by atoms with van der Waals surface area (Å²) in [5.41, 5.74) is 0.654. The van der Waals surface area contributed by atoms with Gasteiger partial charge in [0.25, 0.3) is 5.69 Å². The molecule has 2 N–H and O–H groups in total. The van der Waals surface area contributed by atoms with Crippen LogP contribution in [0.1, 0.15) is 25.6 Å². The van der Waals surface area contributed by atoms with Crippen LogP contribution in [0.2, 0.25) is 0 Å². The maximum absolute atomic E-state index is 11.2. The van der Waals surface area contributed by atoms with Crippen molar-refractivity contribution in [3.63, 3.8) is 0 Å². The molecular weight excluding hydrogens is 264 g/mol. The van der Waals surface area contributed by atoms with Gasteiger partial charge in [0.05, 0.1) is 11.0 Å². The summed E-state index contributed by atoms with van der Waals surface area (Å²) in [7, 11) is 0. The average molecular weight is 280 g/mol. The number of hydrogen-bond donors (Lipinski definition) is 2. The number of nitro benzene ring substituents is 1. The predicted molar refractivity (Wildman–Crippen MR) is 70.1 cm³/mol. The maximum Gasteiger partial charge on any atom is 0.321 e. The molecule has 0 spiro atoms. The lowest BCUT2D eigenvalue weighted by molar-refractivity contribution is -0.384. The Kier molecular flexibility index (Phi) is 4.01. The van der Waals surface area contributed by atoms with Gasteiger partial charge in [-0.3, -0.25) is 20.2 Å². The minimum absolute atomic E-state index is 0.0132. The molecular formula is C13H16N2O5. The highest BCUT2D eigenvalue weighted by atomic mass is 16.6. The Bertz CT molecular complexity index is 516. The van der Waals surface area contributed by atoms with Crippen LogP contribution in [0.25, 0.3) is 0 Å². The second kappa shape index (κ2) is 5.56. The van der Waals surface area contributed by atoms with E-state index in [0.29, 0.717) is 5.56 Å². The van der Waals surface area contributed by atoms with Crippen molar-refractivity contribution in [1.29, 1.82) is 0 Å². The van der Waals surface area contributed by atoms with Crippen LogP contribution < -0.4 is 5.32 Å². The molecule has 0 aliphatic carbocycles. The standard InChI is InChI=1S/C13H16N2O5/c1-7-8(2)20-12(14-11(7)13(16)17)9-3-5-10(6-4-9)15(18)19/h3-8,11-12,14H,1-2H3,(H,16,17)/t7-,8-,11-,12+/m0/s1. The number of nitrogens with zero attached hydrogens (tertiary/aromatic N) is 1. The van der Waals surface area contributed by atoms with Crippen LogP contribution in [0.4, 0.5) is 5.69 Å². The molecule has 1 aliphatic rings. The van der Waals surface area contributed by atoms with Gasteiger partial charge in [0.2, 0.25) is 0 Å². The summed E-state index contributed by atoms with van der Waals surface area (Å²) < 4.78 is 5.72. The fourth-order valence-corrected chi connectivity index (χ4v) is 2.21. The Morgan fingerprint density at radius 2 is 1.95 bits per heavy atom. The van der Waals surface area contributed by atoms with Gasteiger partial charge < -0.3 is 9.84 Å². The summed E-state index contributed by atoms with van der Waals surface area (Å²) in [5, 5.41) is 22.7. The number of carboxylic acids is 1. The summed E-state index contributed by atoms with van der Waals surface area (Å²) in [6.07, 6.45) is -0.805. The summed E-state index contributed by atoms with van der Waals surface area (Å²) in [6.45, 7) is 3.63. The molecule has 4 atom stereocenters. The molecule has 7 nitrogen and oxygen atoms in total. The van der Waals surface area contributed by atoms with Crippen molar-refractivity contribution in [2.24, 2.45) is 5.92 Å². The first-order valence-corrected chi connectivity index (χ1v) is 6.29. The van der Waals surface area contributed by atoms with Crippen LogP contribution in [0, 0.1) is 16.0 Å². The molecule has 1 aromatic rings. The first-order valence-electron chi connectivity index (χ1n) is 6.29. The molecule has 7 heteroatoms. The lowest BCUT2D eigenvalue weighted by atomic mass is 9.94. The zero-order valence-electron chi connectivity index (χ0n) is 11.1. The molecule has 1 fully saturated rings. The third kappa shape index (κ3) is 2.78. The summed E-state index contributed by atoms with van der Waals surface area (Å²) in [5.74, 6) is -1.10. The lowest BCUT2D eigenvalue weighted by Gasteiger charge is -2.38. The maximum atomic E-state index is 11.2. The summed E-state index contributed by atoms with van der Waals surface area (Å²) in [4.78, 5) is 21.3. The first-order chi connectivity index (χ1) is 9.40. The molecule has 0 saturated carbocycles. The molecule has 0 unspecified atom stereocenters. The van der Waals surface area contributed by atoms with Crippen LogP contribution in [-0.2, 0) is 9.53 Å². The Labute approximate surface area is 115 Å². The molecule has 108 valence electrons. The molecule has 0 aromatic heterocycles.